The molecule has 0 aromatic carbocycles. The summed E-state index contributed by atoms with van der Waals surface area (Å²) in [5, 5.41) is 80.9. The summed E-state index contributed by atoms with van der Waals surface area (Å²) in [7, 11) is 0. The van der Waals surface area contributed by atoms with Gasteiger partial charge in [0.1, 0.15) is 90.1 Å². The smallest absolute Gasteiger partial charge is 0.360 e. The normalized spacial score (nSPS) is 14.1. The first-order chi connectivity index (χ1) is 52.2. The predicted molar refractivity (Wildman–Crippen MR) is 340 cm³/mol. The number of rotatable bonds is 56. The van der Waals surface area contributed by atoms with E-state index in [2.05, 4.69) is 55.0 Å². The lowest BCUT2D eigenvalue weighted by molar-refractivity contribution is -0.258. The van der Waals surface area contributed by atoms with Gasteiger partial charge >= 0.3 is 119 Å². The number of carbonyl (C=O) groups excluding carboxylic acids is 18. The zero-order valence-electron chi connectivity index (χ0n) is 59.2. The minimum atomic E-state index is -3.81. The number of ether oxygens (including phenoxy) is 16. The van der Waals surface area contributed by atoms with E-state index < -0.39 is 315 Å². The van der Waals surface area contributed by atoms with Gasteiger partial charge in [0, 0.05) is 34.4 Å². The molecule has 112 heavy (non-hydrogen) atoms. The van der Waals surface area contributed by atoms with Crippen LogP contribution in [-0.4, -0.2) is 287 Å². The average molecular weight is 1610 g/mol. The second-order valence-corrected chi connectivity index (χ2v) is 22.6. The summed E-state index contributed by atoms with van der Waals surface area (Å²) in [4.78, 5) is 288. The maximum Gasteiger partial charge on any atom is 0.360 e. The number of carbonyl (C=O) groups is 22. The number of hydrogen-bond acceptors (Lipinski definition) is 44. The quantitative estimate of drug-likeness (QED) is 0.00538. The lowest BCUT2D eigenvalue weighted by Crippen LogP contribution is -2.48. The fourth-order valence-corrected chi connectivity index (χ4v) is 7.34. The molecule has 0 aliphatic heterocycles. The summed E-state index contributed by atoms with van der Waals surface area (Å²) in [5.41, 5.74) is -11.6. The molecule has 0 amide bonds. The zero-order valence-corrected chi connectivity index (χ0v) is 59.2. The van der Waals surface area contributed by atoms with Crippen LogP contribution in [0.2, 0.25) is 0 Å². The molecule has 0 saturated heterocycles. The molecule has 0 aliphatic carbocycles. The summed E-state index contributed by atoms with van der Waals surface area (Å²) in [6.07, 6.45) is -23.1. The Hall–Kier alpha value is -13.4. The predicted octanol–water partition coefficient (Wildman–Crippen LogP) is -4.87. The van der Waals surface area contributed by atoms with E-state index in [1.165, 1.54) is 27.7 Å². The van der Waals surface area contributed by atoms with Crippen molar-refractivity contribution >= 4 is 133 Å². The van der Waals surface area contributed by atoms with Crippen LogP contribution in [0.25, 0.3) is 0 Å². The highest BCUT2D eigenvalue weighted by molar-refractivity contribution is 6.04. The molecule has 0 aromatic rings. The first kappa shape index (κ1) is 98.6. The van der Waals surface area contributed by atoms with E-state index in [9.17, 15) is 146 Å². The van der Waals surface area contributed by atoms with Crippen LogP contribution in [0, 0.1) is 0 Å². The van der Waals surface area contributed by atoms with Crippen LogP contribution >= 0.6 is 0 Å². The minimum absolute atomic E-state index is 0.138. The summed E-state index contributed by atoms with van der Waals surface area (Å²) >= 11 is 0. The Labute approximate surface area is 627 Å². The lowest BCUT2D eigenvalue weighted by atomic mass is 9.94. The molecule has 0 heterocycles. The van der Waals surface area contributed by atoms with Crippen molar-refractivity contribution in [3.63, 3.8) is 0 Å². The monoisotopic (exact) mass is 1610 g/mol. The van der Waals surface area contributed by atoms with Gasteiger partial charge in [-0.25, -0.2) is 67.3 Å². The van der Waals surface area contributed by atoms with Crippen LogP contribution < -0.4 is 0 Å². The van der Waals surface area contributed by atoms with Gasteiger partial charge in [-0.3, -0.25) is 47.9 Å². The van der Waals surface area contributed by atoms with E-state index >= 15 is 0 Å². The van der Waals surface area contributed by atoms with Crippen molar-refractivity contribution in [1.29, 1.82) is 0 Å². The highest BCUT2D eigenvalue weighted by atomic mass is 17.2. The van der Waals surface area contributed by atoms with E-state index in [0.717, 1.165) is 0 Å². The van der Waals surface area contributed by atoms with Crippen molar-refractivity contribution in [2.24, 2.45) is 0 Å². The Morgan fingerprint density at radius 1 is 0.330 bits per heavy atom. The van der Waals surface area contributed by atoms with Crippen LogP contribution in [0.5, 0.6) is 0 Å². The molecule has 0 fully saturated rings. The molecule has 8 atom stereocenters. The molecule has 0 rings (SSSR count). The summed E-state index contributed by atoms with van der Waals surface area (Å²) in [6, 6.07) is 0. The van der Waals surface area contributed by atoms with Gasteiger partial charge < -0.3 is 117 Å². The van der Waals surface area contributed by atoms with Gasteiger partial charge in [0.25, 0.3) is 25.9 Å². The van der Waals surface area contributed by atoms with E-state index in [4.69, 9.17) is 56.8 Å². The fraction of sp³-hybridized carbons (Fsp3) is 0.469. The van der Waals surface area contributed by atoms with Crippen molar-refractivity contribution < 1.29 is 232 Å². The second kappa shape index (κ2) is 48.8. The number of carboxylic acid groups (broad SMARTS) is 4. The number of aliphatic hydroxyl groups excluding tert-OH is 4. The molecule has 0 bridgehead atoms. The Morgan fingerprint density at radius 2 is 0.598 bits per heavy atom. The Bertz CT molecular complexity index is 3650. The van der Waals surface area contributed by atoms with Crippen LogP contribution in [0.15, 0.2) is 71.9 Å². The molecular formula is C64H74O48. The fourth-order valence-electron chi connectivity index (χ4n) is 7.34. The van der Waals surface area contributed by atoms with Gasteiger partial charge in [-0.15, -0.1) is 0 Å². The second-order valence-electron chi connectivity index (χ2n) is 22.6. The topological polar surface area (TPSA) is 704 Å². The molecule has 8 unspecified atom stereocenters. The SMILES string of the molecule is C=C(C)C(=O)OCC(O)COC(=O)CC(COC=O)(OC=O)OC(=O)/C=C(/CC(=O)OOC(=O)C/C(=C/C(=O)OC(CC(=O)O)(CC(=O)OCC(O)COC(=O)C(=C)C)C(=O)O)C(=O)OC(CC(=O)O)(CC(=O)OCC(O)COC(=O)C(=C)C)C(=O)O)C(=O)OC(COC=O)(CC(=O)OCC(O)COC(=O)C(=C)C)OC=O. The number of aliphatic hydroxyl groups is 4. The summed E-state index contributed by atoms with van der Waals surface area (Å²) < 4.78 is 76.2. The maximum atomic E-state index is 14.3. The summed E-state index contributed by atoms with van der Waals surface area (Å²) in [5.74, 6) is -41.3. The highest BCUT2D eigenvalue weighted by Crippen LogP contribution is 2.29. The average Bonchev–Trinajstić information content (AvgIpc) is 0.825. The molecule has 618 valence electrons. The number of aliphatic carboxylic acids is 4. The standard InChI is InChI=1S/C64H74O48/c1-33(2)53(85)101-23-39(69)19-97-49(81)15-61(59(91)92,13-43(73)74)107-45(77)9-37(57(89)109-62(60(93)94,14-44(75)76)16-50(82)98-20-40(70)24-102-54(86)34(3)4)11-47(79)111-112-48(80)12-38(58(90)110-64(106-32-68,28-96-30-66)18-52(84)100-22-42(72)26-104-56(88)36(7)8)10-46(78)108-63(105-31-67,27-95-29-65)17-51(83)99-21-41(71)25-103-55(87)35(5)6/h9-10,29-32,39-42,69-72H,1,3,5,7,11-28H2,2,4,6,8H3,(H,73,74)(H,75,76)(H,91,92)(H,93,94)/b37-9-,38-10-. The largest absolute Gasteiger partial charge is 0.481 e. The van der Waals surface area contributed by atoms with Gasteiger partial charge in [0.2, 0.25) is 11.2 Å². The van der Waals surface area contributed by atoms with Crippen molar-refractivity contribution in [2.45, 2.75) is 126 Å². The number of esters is 12. The Balaban J connectivity index is 8.32. The molecule has 8 N–H and O–H groups in total. The summed E-state index contributed by atoms with van der Waals surface area (Å²) in [6.45, 7) is 4.86. The molecule has 0 aromatic heterocycles. The van der Waals surface area contributed by atoms with E-state index in [1.54, 1.807) is 0 Å². The molecule has 0 saturated carbocycles. The third kappa shape index (κ3) is 38.4. The van der Waals surface area contributed by atoms with E-state index in [0.29, 0.717) is 0 Å². The van der Waals surface area contributed by atoms with E-state index in [1.807, 2.05) is 0 Å². The van der Waals surface area contributed by atoms with Gasteiger partial charge in [-0.05, 0) is 27.7 Å². The zero-order chi connectivity index (χ0) is 85.9. The van der Waals surface area contributed by atoms with Crippen molar-refractivity contribution in [1.82, 2.24) is 0 Å². The Kier molecular flexibility index (Phi) is 43.0. The van der Waals surface area contributed by atoms with Crippen molar-refractivity contribution in [2.75, 3.05) is 66.1 Å². The molecule has 0 radical (unpaired) electrons. The first-order valence-corrected chi connectivity index (χ1v) is 30.8. The van der Waals surface area contributed by atoms with Gasteiger partial charge in [0.05, 0.1) is 49.7 Å². The number of carboxylic acids is 4. The molecule has 0 spiro atoms. The van der Waals surface area contributed by atoms with E-state index in [-0.39, 0.29) is 28.4 Å². The highest BCUT2D eigenvalue weighted by Gasteiger charge is 2.51. The lowest BCUT2D eigenvalue weighted by Gasteiger charge is -2.30. The molecular weight excluding hydrogens is 1540 g/mol. The van der Waals surface area contributed by atoms with Gasteiger partial charge in [-0.2, -0.15) is 0 Å². The van der Waals surface area contributed by atoms with Crippen LogP contribution in [-0.2, 0) is 191 Å². The third-order valence-electron chi connectivity index (χ3n) is 12.5. The van der Waals surface area contributed by atoms with Gasteiger partial charge in [0.15, 0.2) is 13.2 Å². The third-order valence-corrected chi connectivity index (χ3v) is 12.5. The van der Waals surface area contributed by atoms with Crippen molar-refractivity contribution in [3.8, 4) is 0 Å². The van der Waals surface area contributed by atoms with Crippen LogP contribution in [0.1, 0.15) is 79.1 Å². The van der Waals surface area contributed by atoms with Crippen LogP contribution in [0.4, 0.5) is 0 Å². The molecule has 48 heteroatoms. The Morgan fingerprint density at radius 3 is 0.875 bits per heavy atom. The maximum absolute atomic E-state index is 14.3. The van der Waals surface area contributed by atoms with Gasteiger partial charge in [-0.1, -0.05) is 26.3 Å². The molecule has 0 aliphatic rings. The van der Waals surface area contributed by atoms with Crippen molar-refractivity contribution in [3.05, 3.63) is 71.9 Å². The van der Waals surface area contributed by atoms with Crippen LogP contribution in [0.3, 0.4) is 0 Å². The minimum Gasteiger partial charge on any atom is -0.481 e. The first-order valence-electron chi connectivity index (χ1n) is 30.8. The molecule has 48 nitrogen and oxygen atoms in total. The number of hydrogen-bond donors (Lipinski definition) is 8.